The van der Waals surface area contributed by atoms with Gasteiger partial charge in [-0.2, -0.15) is 0 Å². The van der Waals surface area contributed by atoms with Crippen molar-refractivity contribution in [3.63, 3.8) is 0 Å². The molecule has 0 aliphatic heterocycles. The lowest BCUT2D eigenvalue weighted by atomic mass is 10.1. The summed E-state index contributed by atoms with van der Waals surface area (Å²) in [6, 6.07) is 24.5. The van der Waals surface area contributed by atoms with Crippen LogP contribution in [0.15, 0.2) is 78.9 Å². The maximum Gasteiger partial charge on any atom is 0.265 e. The summed E-state index contributed by atoms with van der Waals surface area (Å²) in [5, 5.41) is 0. The van der Waals surface area contributed by atoms with Gasteiger partial charge in [-0.1, -0.05) is 42.5 Å². The molecule has 0 heterocycles. The molecule has 4 heteroatoms. The molecule has 0 atom stereocenters. The molecule has 0 saturated heterocycles. The molecule has 0 radical (unpaired) electrons. The molecular weight excluding hydrogens is 350 g/mol. The third-order valence-electron chi connectivity index (χ3n) is 4.42. The molecule has 0 saturated carbocycles. The van der Waals surface area contributed by atoms with Gasteiger partial charge < -0.3 is 9.64 Å². The van der Waals surface area contributed by atoms with Crippen LogP contribution in [0.2, 0.25) is 0 Å². The largest absolute Gasteiger partial charge is 0.484 e. The van der Waals surface area contributed by atoms with Crippen molar-refractivity contribution in [2.24, 2.45) is 0 Å². The van der Waals surface area contributed by atoms with E-state index in [4.69, 9.17) is 4.74 Å². The fourth-order valence-electron chi connectivity index (χ4n) is 2.89. The van der Waals surface area contributed by atoms with Gasteiger partial charge >= 0.3 is 0 Å². The molecule has 3 rings (SSSR count). The highest BCUT2D eigenvalue weighted by Crippen LogP contribution is 2.20. The molecule has 0 N–H and O–H groups in total. The Bertz CT molecular complexity index is 949. The number of anilines is 1. The van der Waals surface area contributed by atoms with Gasteiger partial charge in [0.05, 0.1) is 6.54 Å². The molecular formula is C24H23NO3. The topological polar surface area (TPSA) is 46.6 Å². The van der Waals surface area contributed by atoms with Gasteiger partial charge in [0.2, 0.25) is 0 Å². The van der Waals surface area contributed by atoms with Gasteiger partial charge in [0.15, 0.2) is 12.4 Å². The van der Waals surface area contributed by atoms with Crippen molar-refractivity contribution in [3.8, 4) is 5.75 Å². The highest BCUT2D eigenvalue weighted by Gasteiger charge is 2.17. The Labute approximate surface area is 165 Å². The molecule has 0 unspecified atom stereocenters. The Hall–Kier alpha value is -3.40. The standard InChI is InChI=1S/C24H23NO3/c1-18-7-6-10-22(15-18)25(16-20-8-4-3-5-9-20)24(27)17-28-23-13-11-21(12-14-23)19(2)26/h3-15H,16-17H2,1-2H3. The van der Waals surface area contributed by atoms with Gasteiger partial charge in [-0.3, -0.25) is 9.59 Å². The van der Waals surface area contributed by atoms with E-state index in [0.717, 1.165) is 16.8 Å². The molecule has 0 bridgehead atoms. The zero-order valence-electron chi connectivity index (χ0n) is 16.1. The van der Waals surface area contributed by atoms with Gasteiger partial charge in [-0.25, -0.2) is 0 Å². The average molecular weight is 373 g/mol. The molecule has 0 aromatic heterocycles. The number of ether oxygens (including phenoxy) is 1. The second-order valence-electron chi connectivity index (χ2n) is 6.67. The quantitative estimate of drug-likeness (QED) is 0.558. The minimum atomic E-state index is -0.134. The van der Waals surface area contributed by atoms with Crippen LogP contribution in [0.25, 0.3) is 0 Å². The minimum absolute atomic E-state index is 0.00360. The predicted molar refractivity (Wildman–Crippen MR) is 111 cm³/mol. The first-order valence-electron chi connectivity index (χ1n) is 9.18. The number of rotatable bonds is 7. The van der Waals surface area contributed by atoms with Crippen molar-refractivity contribution in [2.75, 3.05) is 11.5 Å². The average Bonchev–Trinajstić information content (AvgIpc) is 2.71. The lowest BCUT2D eigenvalue weighted by Crippen LogP contribution is -2.34. The summed E-state index contributed by atoms with van der Waals surface area (Å²) < 4.78 is 5.67. The first-order valence-corrected chi connectivity index (χ1v) is 9.18. The van der Waals surface area contributed by atoms with Crippen LogP contribution in [0.1, 0.15) is 28.4 Å². The van der Waals surface area contributed by atoms with Crippen molar-refractivity contribution in [1.29, 1.82) is 0 Å². The van der Waals surface area contributed by atoms with E-state index in [0.29, 0.717) is 17.9 Å². The van der Waals surface area contributed by atoms with Crippen molar-refractivity contribution < 1.29 is 14.3 Å². The van der Waals surface area contributed by atoms with Crippen LogP contribution in [0.4, 0.5) is 5.69 Å². The number of aryl methyl sites for hydroxylation is 1. The van der Waals surface area contributed by atoms with E-state index in [1.807, 2.05) is 61.5 Å². The summed E-state index contributed by atoms with van der Waals surface area (Å²) in [7, 11) is 0. The maximum atomic E-state index is 13.0. The fraction of sp³-hybridized carbons (Fsp3) is 0.167. The number of nitrogens with zero attached hydrogens (tertiary/aromatic N) is 1. The smallest absolute Gasteiger partial charge is 0.265 e. The van der Waals surface area contributed by atoms with Crippen LogP contribution in [0.3, 0.4) is 0 Å². The highest BCUT2D eigenvalue weighted by molar-refractivity contribution is 5.95. The molecule has 3 aromatic rings. The molecule has 1 amide bonds. The summed E-state index contributed by atoms with van der Waals surface area (Å²) in [4.78, 5) is 26.1. The van der Waals surface area contributed by atoms with E-state index in [9.17, 15) is 9.59 Å². The van der Waals surface area contributed by atoms with Gasteiger partial charge in [0, 0.05) is 11.3 Å². The van der Waals surface area contributed by atoms with Gasteiger partial charge in [0.25, 0.3) is 5.91 Å². The minimum Gasteiger partial charge on any atom is -0.484 e. The van der Waals surface area contributed by atoms with Crippen molar-refractivity contribution >= 4 is 17.4 Å². The summed E-state index contributed by atoms with van der Waals surface area (Å²) >= 11 is 0. The predicted octanol–water partition coefficient (Wildman–Crippen LogP) is 4.81. The van der Waals surface area contributed by atoms with E-state index in [-0.39, 0.29) is 18.3 Å². The Morgan fingerprint density at radius 1 is 0.893 bits per heavy atom. The number of carbonyl (C=O) groups excluding carboxylic acids is 2. The van der Waals surface area contributed by atoms with E-state index in [1.165, 1.54) is 6.92 Å². The molecule has 0 spiro atoms. The summed E-state index contributed by atoms with van der Waals surface area (Å²) in [5.41, 5.74) is 3.58. The van der Waals surface area contributed by atoms with Crippen LogP contribution >= 0.6 is 0 Å². The Morgan fingerprint density at radius 2 is 1.61 bits per heavy atom. The zero-order chi connectivity index (χ0) is 19.9. The third-order valence-corrected chi connectivity index (χ3v) is 4.42. The lowest BCUT2D eigenvalue weighted by molar-refractivity contribution is -0.120. The Balaban J connectivity index is 1.75. The second kappa shape index (κ2) is 9.00. The number of hydrogen-bond acceptors (Lipinski definition) is 3. The molecule has 0 aliphatic rings. The zero-order valence-corrected chi connectivity index (χ0v) is 16.1. The third kappa shape index (κ3) is 5.07. The maximum absolute atomic E-state index is 13.0. The fourth-order valence-corrected chi connectivity index (χ4v) is 2.89. The Kier molecular flexibility index (Phi) is 6.22. The van der Waals surface area contributed by atoms with E-state index < -0.39 is 0 Å². The number of carbonyl (C=O) groups is 2. The first-order chi connectivity index (χ1) is 13.5. The SMILES string of the molecule is CC(=O)c1ccc(OCC(=O)N(Cc2ccccc2)c2cccc(C)c2)cc1. The summed E-state index contributed by atoms with van der Waals surface area (Å²) in [5.74, 6) is 0.420. The van der Waals surface area contributed by atoms with Crippen LogP contribution in [-0.4, -0.2) is 18.3 Å². The van der Waals surface area contributed by atoms with Crippen molar-refractivity contribution in [1.82, 2.24) is 0 Å². The molecule has 0 aliphatic carbocycles. The molecule has 3 aromatic carbocycles. The van der Waals surface area contributed by atoms with E-state index in [2.05, 4.69) is 0 Å². The second-order valence-corrected chi connectivity index (χ2v) is 6.67. The number of amides is 1. The number of Topliss-reactive ketones (excluding diaryl/α,β-unsaturated/α-hetero) is 1. The lowest BCUT2D eigenvalue weighted by Gasteiger charge is -2.23. The molecule has 142 valence electrons. The van der Waals surface area contributed by atoms with E-state index >= 15 is 0 Å². The number of ketones is 1. The number of hydrogen-bond donors (Lipinski definition) is 0. The highest BCUT2D eigenvalue weighted by atomic mass is 16.5. The monoisotopic (exact) mass is 373 g/mol. The van der Waals surface area contributed by atoms with Crippen molar-refractivity contribution in [3.05, 3.63) is 95.6 Å². The van der Waals surface area contributed by atoms with E-state index in [1.54, 1.807) is 29.2 Å². The number of benzene rings is 3. The van der Waals surface area contributed by atoms with Crippen LogP contribution in [0.5, 0.6) is 5.75 Å². The van der Waals surface area contributed by atoms with Gasteiger partial charge in [-0.05, 0) is 61.4 Å². The van der Waals surface area contributed by atoms with Crippen LogP contribution < -0.4 is 9.64 Å². The summed E-state index contributed by atoms with van der Waals surface area (Å²) in [6.45, 7) is 3.90. The normalized spacial score (nSPS) is 10.4. The Morgan fingerprint density at radius 3 is 2.25 bits per heavy atom. The first kappa shape index (κ1) is 19.4. The molecule has 4 nitrogen and oxygen atoms in total. The van der Waals surface area contributed by atoms with Gasteiger partial charge in [-0.15, -0.1) is 0 Å². The van der Waals surface area contributed by atoms with Crippen LogP contribution in [-0.2, 0) is 11.3 Å². The molecule has 28 heavy (non-hydrogen) atoms. The van der Waals surface area contributed by atoms with Crippen molar-refractivity contribution in [2.45, 2.75) is 20.4 Å². The summed E-state index contributed by atoms with van der Waals surface area (Å²) in [6.07, 6.45) is 0. The van der Waals surface area contributed by atoms with Gasteiger partial charge in [0.1, 0.15) is 5.75 Å². The van der Waals surface area contributed by atoms with Crippen LogP contribution in [0, 0.1) is 6.92 Å². The molecule has 0 fully saturated rings.